The SMILES string of the molecule is C1CC[C@H]2NCCO[C@@H]2CC1. The predicted octanol–water partition coefficient (Wildman–Crippen LogP) is 1.31. The Kier molecular flexibility index (Phi) is 2.44. The largest absolute Gasteiger partial charge is 0.375 e. The fourth-order valence-electron chi connectivity index (χ4n) is 2.16. The lowest BCUT2D eigenvalue weighted by atomic mass is 10.1. The van der Waals surface area contributed by atoms with E-state index in [1.165, 1.54) is 32.1 Å². The molecule has 0 aromatic rings. The Morgan fingerprint density at radius 3 is 3.00 bits per heavy atom. The number of hydrogen-bond acceptors (Lipinski definition) is 2. The summed E-state index contributed by atoms with van der Waals surface area (Å²) in [6.45, 7) is 1.97. The highest BCUT2D eigenvalue weighted by molar-refractivity contribution is 4.82. The molecule has 1 heterocycles. The van der Waals surface area contributed by atoms with E-state index >= 15 is 0 Å². The molecule has 0 aromatic carbocycles. The summed E-state index contributed by atoms with van der Waals surface area (Å²) >= 11 is 0. The molecular weight excluding hydrogens is 138 g/mol. The van der Waals surface area contributed by atoms with E-state index in [1.54, 1.807) is 0 Å². The van der Waals surface area contributed by atoms with Gasteiger partial charge in [-0.05, 0) is 12.8 Å². The molecule has 2 atom stereocenters. The first-order valence-corrected chi connectivity index (χ1v) is 4.82. The minimum absolute atomic E-state index is 0.534. The highest BCUT2D eigenvalue weighted by atomic mass is 16.5. The fraction of sp³-hybridized carbons (Fsp3) is 1.00. The van der Waals surface area contributed by atoms with Gasteiger partial charge in [0.25, 0.3) is 0 Å². The van der Waals surface area contributed by atoms with Gasteiger partial charge in [0, 0.05) is 12.6 Å². The maximum Gasteiger partial charge on any atom is 0.0728 e. The highest BCUT2D eigenvalue weighted by Crippen LogP contribution is 2.22. The van der Waals surface area contributed by atoms with Crippen molar-refractivity contribution in [1.82, 2.24) is 5.32 Å². The molecule has 0 amide bonds. The molecule has 2 nitrogen and oxygen atoms in total. The van der Waals surface area contributed by atoms with E-state index < -0.39 is 0 Å². The van der Waals surface area contributed by atoms with Crippen LogP contribution >= 0.6 is 0 Å². The van der Waals surface area contributed by atoms with Crippen LogP contribution in [0.25, 0.3) is 0 Å². The third-order valence-corrected chi connectivity index (χ3v) is 2.79. The monoisotopic (exact) mass is 155 g/mol. The minimum atomic E-state index is 0.534. The molecule has 0 bridgehead atoms. The van der Waals surface area contributed by atoms with Gasteiger partial charge in [0.2, 0.25) is 0 Å². The molecule has 2 heteroatoms. The lowest BCUT2D eigenvalue weighted by molar-refractivity contribution is -0.00701. The van der Waals surface area contributed by atoms with Crippen LogP contribution in [-0.2, 0) is 4.74 Å². The zero-order chi connectivity index (χ0) is 7.52. The molecule has 1 saturated heterocycles. The molecule has 11 heavy (non-hydrogen) atoms. The first-order valence-electron chi connectivity index (χ1n) is 4.82. The minimum Gasteiger partial charge on any atom is -0.375 e. The first kappa shape index (κ1) is 7.56. The van der Waals surface area contributed by atoms with Gasteiger partial charge in [0.1, 0.15) is 0 Å². The number of nitrogens with one attached hydrogen (secondary N) is 1. The summed E-state index contributed by atoms with van der Waals surface area (Å²) in [5.74, 6) is 0. The van der Waals surface area contributed by atoms with Crippen molar-refractivity contribution in [3.05, 3.63) is 0 Å². The molecule has 0 aromatic heterocycles. The van der Waals surface area contributed by atoms with Gasteiger partial charge in [0.15, 0.2) is 0 Å². The highest BCUT2D eigenvalue weighted by Gasteiger charge is 2.26. The maximum absolute atomic E-state index is 5.70. The van der Waals surface area contributed by atoms with Crippen LogP contribution in [0.1, 0.15) is 32.1 Å². The molecule has 2 fully saturated rings. The van der Waals surface area contributed by atoms with Crippen LogP contribution in [0.15, 0.2) is 0 Å². The molecule has 1 aliphatic heterocycles. The van der Waals surface area contributed by atoms with Gasteiger partial charge in [-0.25, -0.2) is 0 Å². The molecule has 1 N–H and O–H groups in total. The van der Waals surface area contributed by atoms with Crippen LogP contribution in [-0.4, -0.2) is 25.3 Å². The van der Waals surface area contributed by atoms with Crippen LogP contribution in [0.2, 0.25) is 0 Å². The van der Waals surface area contributed by atoms with Crippen molar-refractivity contribution in [3.8, 4) is 0 Å². The zero-order valence-electron chi connectivity index (χ0n) is 7.01. The zero-order valence-corrected chi connectivity index (χ0v) is 7.01. The molecule has 0 radical (unpaired) electrons. The molecule has 0 unspecified atom stereocenters. The van der Waals surface area contributed by atoms with Crippen molar-refractivity contribution >= 4 is 0 Å². The number of rotatable bonds is 0. The molecule has 2 aliphatic rings. The Labute approximate surface area is 68.3 Å². The van der Waals surface area contributed by atoms with Crippen molar-refractivity contribution in [2.45, 2.75) is 44.2 Å². The average molecular weight is 155 g/mol. The van der Waals surface area contributed by atoms with Gasteiger partial charge in [-0.1, -0.05) is 19.3 Å². The molecule has 2 rings (SSSR count). The van der Waals surface area contributed by atoms with Gasteiger partial charge >= 0.3 is 0 Å². The maximum atomic E-state index is 5.70. The smallest absolute Gasteiger partial charge is 0.0728 e. The van der Waals surface area contributed by atoms with Gasteiger partial charge in [-0.15, -0.1) is 0 Å². The third kappa shape index (κ3) is 1.74. The number of morpholine rings is 1. The second kappa shape index (κ2) is 3.55. The third-order valence-electron chi connectivity index (χ3n) is 2.79. The summed E-state index contributed by atoms with van der Waals surface area (Å²) in [5, 5.41) is 3.54. The Morgan fingerprint density at radius 1 is 1.09 bits per heavy atom. The van der Waals surface area contributed by atoms with Crippen molar-refractivity contribution < 1.29 is 4.74 Å². The van der Waals surface area contributed by atoms with E-state index in [2.05, 4.69) is 5.32 Å². The lowest BCUT2D eigenvalue weighted by Crippen LogP contribution is -2.47. The van der Waals surface area contributed by atoms with Crippen LogP contribution in [0.3, 0.4) is 0 Å². The first-order chi connectivity index (χ1) is 5.47. The standard InChI is InChI=1S/C9H17NO/c1-2-4-8-9(5-3-1)11-7-6-10-8/h8-10H,1-7H2/t8-,9-/m1/s1. The summed E-state index contributed by atoms with van der Waals surface area (Å²) in [7, 11) is 0. The fourth-order valence-corrected chi connectivity index (χ4v) is 2.16. The van der Waals surface area contributed by atoms with E-state index in [1.807, 2.05) is 0 Å². The van der Waals surface area contributed by atoms with Crippen molar-refractivity contribution in [2.24, 2.45) is 0 Å². The summed E-state index contributed by atoms with van der Waals surface area (Å²) in [5.41, 5.74) is 0. The van der Waals surface area contributed by atoms with Crippen LogP contribution < -0.4 is 5.32 Å². The summed E-state index contributed by atoms with van der Waals surface area (Å²) in [4.78, 5) is 0. The van der Waals surface area contributed by atoms with E-state index in [0.717, 1.165) is 13.2 Å². The van der Waals surface area contributed by atoms with Gasteiger partial charge < -0.3 is 10.1 Å². The summed E-state index contributed by atoms with van der Waals surface area (Å²) < 4.78 is 5.70. The molecular formula is C9H17NO. The van der Waals surface area contributed by atoms with E-state index in [-0.39, 0.29) is 0 Å². The molecule has 1 saturated carbocycles. The Bertz CT molecular complexity index is 113. The van der Waals surface area contributed by atoms with E-state index in [0.29, 0.717) is 12.1 Å². The number of ether oxygens (including phenoxy) is 1. The second-order valence-electron chi connectivity index (χ2n) is 3.61. The summed E-state index contributed by atoms with van der Waals surface area (Å²) in [6.07, 6.45) is 7.28. The Balaban J connectivity index is 1.93. The van der Waals surface area contributed by atoms with Crippen LogP contribution in [0.5, 0.6) is 0 Å². The van der Waals surface area contributed by atoms with Gasteiger partial charge in [0.05, 0.1) is 12.7 Å². The molecule has 64 valence electrons. The van der Waals surface area contributed by atoms with Crippen LogP contribution in [0.4, 0.5) is 0 Å². The molecule has 0 spiro atoms. The second-order valence-corrected chi connectivity index (χ2v) is 3.61. The predicted molar refractivity (Wildman–Crippen MR) is 44.6 cm³/mol. The number of fused-ring (bicyclic) bond motifs is 1. The van der Waals surface area contributed by atoms with Crippen LogP contribution in [0, 0.1) is 0 Å². The molecule has 1 aliphatic carbocycles. The van der Waals surface area contributed by atoms with Crippen molar-refractivity contribution in [3.63, 3.8) is 0 Å². The Hall–Kier alpha value is -0.0800. The van der Waals surface area contributed by atoms with Crippen molar-refractivity contribution in [1.29, 1.82) is 0 Å². The average Bonchev–Trinajstić information content (AvgIpc) is 2.28. The van der Waals surface area contributed by atoms with Gasteiger partial charge in [-0.3, -0.25) is 0 Å². The normalized spacial score (nSPS) is 39.3. The number of hydrogen-bond donors (Lipinski definition) is 1. The van der Waals surface area contributed by atoms with E-state index in [4.69, 9.17) is 4.74 Å². The quantitative estimate of drug-likeness (QED) is 0.569. The van der Waals surface area contributed by atoms with E-state index in [9.17, 15) is 0 Å². The van der Waals surface area contributed by atoms with Gasteiger partial charge in [-0.2, -0.15) is 0 Å². The summed E-state index contributed by atoms with van der Waals surface area (Å²) in [6, 6.07) is 0.672. The topological polar surface area (TPSA) is 21.3 Å². The lowest BCUT2D eigenvalue weighted by Gasteiger charge is -2.31. The Morgan fingerprint density at radius 2 is 2.00 bits per heavy atom. The van der Waals surface area contributed by atoms with Crippen molar-refractivity contribution in [2.75, 3.05) is 13.2 Å².